The minimum Gasteiger partial charge on any atom is -0.308 e. The van der Waals surface area contributed by atoms with Gasteiger partial charge >= 0.3 is 0 Å². The summed E-state index contributed by atoms with van der Waals surface area (Å²) in [4.78, 5) is 7.75. The first-order chi connectivity index (χ1) is 8.51. The van der Waals surface area contributed by atoms with Crippen molar-refractivity contribution in [1.82, 2.24) is 9.97 Å². The largest absolute Gasteiger partial charge is 0.308 e. The number of rotatable bonds is 4. The topological polar surface area (TPSA) is 110 Å². The van der Waals surface area contributed by atoms with Gasteiger partial charge in [-0.3, -0.25) is 4.72 Å². The smallest absolute Gasteiger partial charge is 0.265 e. The second kappa shape index (κ2) is 5.18. The Morgan fingerprint density at radius 3 is 2.56 bits per heavy atom. The van der Waals surface area contributed by atoms with E-state index < -0.39 is 10.0 Å². The summed E-state index contributed by atoms with van der Waals surface area (Å²) in [6.45, 7) is 0. The number of hydrazine groups is 1. The lowest BCUT2D eigenvalue weighted by Crippen LogP contribution is -2.14. The molecular formula is C8H8BrN5O2S2. The quantitative estimate of drug-likeness (QED) is 0.568. The predicted molar refractivity (Wildman–Crippen MR) is 72.7 cm³/mol. The number of hydrogen-bond acceptors (Lipinski definition) is 7. The molecule has 4 N–H and O–H groups in total. The number of nitrogens with two attached hydrogens (primary N) is 1. The number of halogens is 1. The molecule has 0 fully saturated rings. The first-order valence-corrected chi connectivity index (χ1v) is 7.67. The number of hydrogen-bond donors (Lipinski definition) is 3. The van der Waals surface area contributed by atoms with Crippen LogP contribution in [-0.2, 0) is 10.0 Å². The van der Waals surface area contributed by atoms with Crippen molar-refractivity contribution in [3.05, 3.63) is 28.3 Å². The Morgan fingerprint density at radius 1 is 1.28 bits per heavy atom. The van der Waals surface area contributed by atoms with Crippen molar-refractivity contribution < 1.29 is 8.42 Å². The van der Waals surface area contributed by atoms with Crippen molar-refractivity contribution in [1.29, 1.82) is 0 Å². The van der Waals surface area contributed by atoms with Crippen molar-refractivity contribution in [3.8, 4) is 0 Å². The van der Waals surface area contributed by atoms with E-state index in [1.807, 2.05) is 0 Å². The molecule has 0 spiro atoms. The van der Waals surface area contributed by atoms with Crippen molar-refractivity contribution in [2.75, 3.05) is 10.1 Å². The molecule has 0 atom stereocenters. The molecule has 96 valence electrons. The summed E-state index contributed by atoms with van der Waals surface area (Å²) in [6, 6.07) is 2.86. The maximum absolute atomic E-state index is 12.0. The highest BCUT2D eigenvalue weighted by Gasteiger charge is 2.16. The lowest BCUT2D eigenvalue weighted by Gasteiger charge is -2.05. The monoisotopic (exact) mass is 349 g/mol. The summed E-state index contributed by atoms with van der Waals surface area (Å²) in [5, 5.41) is 0.280. The van der Waals surface area contributed by atoms with E-state index in [0.29, 0.717) is 5.82 Å². The lowest BCUT2D eigenvalue weighted by molar-refractivity contribution is 0.601. The summed E-state index contributed by atoms with van der Waals surface area (Å²) >= 11 is 4.38. The zero-order valence-electron chi connectivity index (χ0n) is 8.79. The van der Waals surface area contributed by atoms with Gasteiger partial charge in [0.1, 0.15) is 10.7 Å². The number of anilines is 2. The van der Waals surface area contributed by atoms with Crippen LogP contribution in [0.1, 0.15) is 0 Å². The Hall–Kier alpha value is -1.23. The highest BCUT2D eigenvalue weighted by atomic mass is 79.9. The molecule has 2 heterocycles. The van der Waals surface area contributed by atoms with E-state index in [1.54, 1.807) is 0 Å². The normalized spacial score (nSPS) is 11.2. The molecule has 0 saturated heterocycles. The van der Waals surface area contributed by atoms with E-state index in [4.69, 9.17) is 5.84 Å². The maximum Gasteiger partial charge on any atom is 0.265 e. The summed E-state index contributed by atoms with van der Waals surface area (Å²) in [5.74, 6) is 5.52. The van der Waals surface area contributed by atoms with Gasteiger partial charge in [0.05, 0.1) is 9.98 Å². The van der Waals surface area contributed by atoms with Crippen molar-refractivity contribution in [2.45, 2.75) is 4.90 Å². The van der Waals surface area contributed by atoms with Crippen LogP contribution in [0.4, 0.5) is 10.9 Å². The Balaban J connectivity index is 2.24. The molecule has 0 amide bonds. The van der Waals surface area contributed by atoms with Gasteiger partial charge in [0.2, 0.25) is 0 Å². The zero-order chi connectivity index (χ0) is 13.2. The van der Waals surface area contributed by atoms with E-state index in [-0.39, 0.29) is 10.0 Å². The van der Waals surface area contributed by atoms with Gasteiger partial charge in [-0.1, -0.05) is 11.3 Å². The van der Waals surface area contributed by atoms with E-state index in [2.05, 4.69) is 36.0 Å². The summed E-state index contributed by atoms with van der Waals surface area (Å²) in [6.07, 6.45) is 2.72. The Bertz CT molecular complexity index is 640. The van der Waals surface area contributed by atoms with Gasteiger partial charge in [-0.2, -0.15) is 0 Å². The van der Waals surface area contributed by atoms with E-state index in [9.17, 15) is 8.42 Å². The highest BCUT2D eigenvalue weighted by molar-refractivity contribution is 9.11. The SMILES string of the molecule is NNc1ccc(S(=O)(=O)Nc2ncc(Br)s2)cn1. The van der Waals surface area contributed by atoms with Gasteiger partial charge in [-0.05, 0) is 28.1 Å². The van der Waals surface area contributed by atoms with Crippen LogP contribution in [0.5, 0.6) is 0 Å². The van der Waals surface area contributed by atoms with E-state index in [1.165, 1.54) is 35.9 Å². The number of sulfonamides is 1. The Kier molecular flexibility index (Phi) is 3.80. The molecule has 0 saturated carbocycles. The van der Waals surface area contributed by atoms with Crippen LogP contribution in [0.25, 0.3) is 0 Å². The lowest BCUT2D eigenvalue weighted by atomic mass is 10.5. The minimum atomic E-state index is -3.68. The molecular weight excluding hydrogens is 342 g/mol. The van der Waals surface area contributed by atoms with Crippen molar-refractivity contribution in [3.63, 3.8) is 0 Å². The van der Waals surface area contributed by atoms with Crippen LogP contribution in [0.2, 0.25) is 0 Å². The van der Waals surface area contributed by atoms with Gasteiger partial charge in [-0.15, -0.1) is 0 Å². The fraction of sp³-hybridized carbons (Fsp3) is 0. The molecule has 0 aliphatic carbocycles. The van der Waals surface area contributed by atoms with Gasteiger partial charge in [0.25, 0.3) is 10.0 Å². The van der Waals surface area contributed by atoms with Gasteiger partial charge in [-0.25, -0.2) is 24.2 Å². The number of aromatic nitrogens is 2. The van der Waals surface area contributed by atoms with Crippen LogP contribution in [0.15, 0.2) is 33.2 Å². The molecule has 7 nitrogen and oxygen atoms in total. The third-order valence-electron chi connectivity index (χ3n) is 1.89. The Labute approximate surface area is 116 Å². The minimum absolute atomic E-state index is 0.0350. The number of nitrogens with zero attached hydrogens (tertiary/aromatic N) is 2. The van der Waals surface area contributed by atoms with Crippen LogP contribution in [0, 0.1) is 0 Å². The second-order valence-corrected chi connectivity index (χ2v) is 7.19. The number of nitrogen functional groups attached to an aromatic ring is 1. The molecule has 2 aromatic rings. The van der Waals surface area contributed by atoms with Crippen LogP contribution < -0.4 is 16.0 Å². The van der Waals surface area contributed by atoms with Crippen LogP contribution in [-0.4, -0.2) is 18.4 Å². The van der Waals surface area contributed by atoms with E-state index >= 15 is 0 Å². The average molecular weight is 350 g/mol. The second-order valence-electron chi connectivity index (χ2n) is 3.10. The molecule has 10 heteroatoms. The molecule has 0 bridgehead atoms. The fourth-order valence-corrected chi connectivity index (χ4v) is 3.39. The third-order valence-corrected chi connectivity index (χ3v) is 4.74. The van der Waals surface area contributed by atoms with E-state index in [0.717, 1.165) is 3.79 Å². The number of nitrogens with one attached hydrogen (secondary N) is 2. The third kappa shape index (κ3) is 2.96. The van der Waals surface area contributed by atoms with Crippen LogP contribution >= 0.6 is 27.3 Å². The summed E-state index contributed by atoms with van der Waals surface area (Å²) in [5.41, 5.74) is 2.32. The number of pyridine rings is 1. The maximum atomic E-state index is 12.0. The van der Waals surface area contributed by atoms with Gasteiger partial charge in [0, 0.05) is 6.20 Å². The number of thiazole rings is 1. The summed E-state index contributed by atoms with van der Waals surface area (Å²) in [7, 11) is -3.68. The van der Waals surface area contributed by atoms with Crippen molar-refractivity contribution in [2.24, 2.45) is 5.84 Å². The van der Waals surface area contributed by atoms with Gasteiger partial charge < -0.3 is 5.43 Å². The molecule has 2 rings (SSSR count). The van der Waals surface area contributed by atoms with Crippen LogP contribution in [0.3, 0.4) is 0 Å². The Morgan fingerprint density at radius 2 is 2.06 bits per heavy atom. The highest BCUT2D eigenvalue weighted by Crippen LogP contribution is 2.25. The van der Waals surface area contributed by atoms with Gasteiger partial charge in [0.15, 0.2) is 5.13 Å². The first-order valence-electron chi connectivity index (χ1n) is 4.58. The standard InChI is InChI=1S/C8H8BrN5O2S2/c9-6-4-12-8(17-6)14-18(15,16)5-1-2-7(13-10)11-3-5/h1-4H,10H2,(H,11,13)(H,12,14). The predicted octanol–water partition coefficient (Wildman–Crippen LogP) is 1.39. The molecule has 0 unspecified atom stereocenters. The molecule has 2 aromatic heterocycles. The molecule has 0 radical (unpaired) electrons. The molecule has 0 aliphatic heterocycles. The van der Waals surface area contributed by atoms with Crippen molar-refractivity contribution >= 4 is 48.2 Å². The fourth-order valence-electron chi connectivity index (χ4n) is 1.10. The zero-order valence-corrected chi connectivity index (χ0v) is 12.0. The first kappa shape index (κ1) is 13.2. The molecule has 0 aliphatic rings. The average Bonchev–Trinajstić information content (AvgIpc) is 2.74. The molecule has 18 heavy (non-hydrogen) atoms. The summed E-state index contributed by atoms with van der Waals surface area (Å²) < 4.78 is 27.0. The molecule has 0 aromatic carbocycles.